The summed E-state index contributed by atoms with van der Waals surface area (Å²) in [5.74, 6) is -3.14. The van der Waals surface area contributed by atoms with E-state index in [1.165, 1.54) is 77.0 Å². The van der Waals surface area contributed by atoms with E-state index in [1.54, 1.807) is 6.92 Å². The zero-order chi connectivity index (χ0) is 23.9. The molecule has 0 rings (SSSR count). The van der Waals surface area contributed by atoms with Crippen LogP contribution in [-0.2, 0) is 19.1 Å². The zero-order valence-corrected chi connectivity index (χ0v) is 21.4. The quantitative estimate of drug-likeness (QED) is 0.0958. The first-order valence-corrected chi connectivity index (χ1v) is 13.6. The standard InChI is InChI=1S/C27H52O5/c1-4-7-9-11-13-15-17-19-21-23-25(28)31-27(30,6-3)32-26(29)24-22-20-18-16-14-12-10-8-5-2/h30H,4-24H2,1-3H3. The minimum atomic E-state index is -2.13. The van der Waals surface area contributed by atoms with E-state index in [0.717, 1.165) is 38.5 Å². The van der Waals surface area contributed by atoms with Gasteiger partial charge < -0.3 is 14.6 Å². The number of carbonyl (C=O) groups excluding carboxylic acids is 2. The summed E-state index contributed by atoms with van der Waals surface area (Å²) >= 11 is 0. The number of rotatable bonds is 23. The highest BCUT2D eigenvalue weighted by molar-refractivity contribution is 5.71. The van der Waals surface area contributed by atoms with Crippen molar-refractivity contribution in [2.75, 3.05) is 0 Å². The summed E-state index contributed by atoms with van der Waals surface area (Å²) in [6.45, 7) is 6.08. The van der Waals surface area contributed by atoms with Gasteiger partial charge in [0.15, 0.2) is 0 Å². The Morgan fingerprint density at radius 1 is 0.531 bits per heavy atom. The van der Waals surface area contributed by atoms with Crippen LogP contribution in [-0.4, -0.2) is 23.0 Å². The Kier molecular flexibility index (Phi) is 21.0. The largest absolute Gasteiger partial charge is 0.398 e. The third-order valence-electron chi connectivity index (χ3n) is 5.96. The van der Waals surface area contributed by atoms with Gasteiger partial charge in [0.25, 0.3) is 0 Å². The summed E-state index contributed by atoms with van der Waals surface area (Å²) in [7, 11) is 0. The van der Waals surface area contributed by atoms with E-state index in [9.17, 15) is 14.7 Å². The van der Waals surface area contributed by atoms with Gasteiger partial charge >= 0.3 is 17.9 Å². The molecule has 0 heterocycles. The maximum absolute atomic E-state index is 12.1. The topological polar surface area (TPSA) is 72.8 Å². The van der Waals surface area contributed by atoms with Crippen molar-refractivity contribution in [2.24, 2.45) is 0 Å². The van der Waals surface area contributed by atoms with Crippen molar-refractivity contribution in [2.45, 2.75) is 162 Å². The first-order chi connectivity index (χ1) is 15.5. The van der Waals surface area contributed by atoms with Crippen molar-refractivity contribution in [3.05, 3.63) is 0 Å². The Morgan fingerprint density at radius 3 is 1.09 bits per heavy atom. The molecule has 5 heteroatoms. The Balaban J connectivity index is 3.83. The number of esters is 2. The lowest BCUT2D eigenvalue weighted by atomic mass is 10.1. The molecule has 0 spiro atoms. The molecule has 0 aromatic heterocycles. The molecule has 32 heavy (non-hydrogen) atoms. The molecule has 0 fully saturated rings. The maximum Gasteiger partial charge on any atom is 0.372 e. The van der Waals surface area contributed by atoms with E-state index in [1.807, 2.05) is 0 Å². The van der Waals surface area contributed by atoms with Gasteiger partial charge in [-0.15, -0.1) is 0 Å². The monoisotopic (exact) mass is 456 g/mol. The van der Waals surface area contributed by atoms with Gasteiger partial charge in [0, 0.05) is 12.8 Å². The molecule has 5 nitrogen and oxygen atoms in total. The van der Waals surface area contributed by atoms with Crippen LogP contribution in [0.2, 0.25) is 0 Å². The summed E-state index contributed by atoms with van der Waals surface area (Å²) in [5.41, 5.74) is 0. The normalized spacial score (nSPS) is 11.5. The Bertz CT molecular complexity index is 413. The molecule has 0 aliphatic rings. The summed E-state index contributed by atoms with van der Waals surface area (Å²) in [6.07, 6.45) is 21.5. The van der Waals surface area contributed by atoms with Crippen molar-refractivity contribution in [1.29, 1.82) is 0 Å². The summed E-state index contributed by atoms with van der Waals surface area (Å²) < 4.78 is 10.2. The fourth-order valence-corrected chi connectivity index (χ4v) is 3.78. The van der Waals surface area contributed by atoms with Crippen LogP contribution in [0.15, 0.2) is 0 Å². The molecule has 0 aliphatic heterocycles. The molecule has 0 radical (unpaired) electrons. The van der Waals surface area contributed by atoms with Gasteiger partial charge in [0.2, 0.25) is 0 Å². The van der Waals surface area contributed by atoms with Crippen molar-refractivity contribution in [1.82, 2.24) is 0 Å². The van der Waals surface area contributed by atoms with Crippen LogP contribution < -0.4 is 0 Å². The van der Waals surface area contributed by atoms with E-state index >= 15 is 0 Å². The van der Waals surface area contributed by atoms with Crippen LogP contribution in [0.5, 0.6) is 0 Å². The molecule has 1 N–H and O–H groups in total. The predicted molar refractivity (Wildman–Crippen MR) is 131 cm³/mol. The van der Waals surface area contributed by atoms with Gasteiger partial charge in [-0.2, -0.15) is 0 Å². The molecular formula is C27H52O5. The van der Waals surface area contributed by atoms with Gasteiger partial charge in [-0.3, -0.25) is 9.59 Å². The summed E-state index contributed by atoms with van der Waals surface area (Å²) in [6, 6.07) is 0. The minimum Gasteiger partial charge on any atom is -0.398 e. The van der Waals surface area contributed by atoms with E-state index in [4.69, 9.17) is 9.47 Å². The van der Waals surface area contributed by atoms with Gasteiger partial charge in [-0.1, -0.05) is 124 Å². The van der Waals surface area contributed by atoms with Crippen molar-refractivity contribution in [3.63, 3.8) is 0 Å². The minimum absolute atomic E-state index is 0.0278. The summed E-state index contributed by atoms with van der Waals surface area (Å²) in [4.78, 5) is 24.1. The Labute approximate surface area is 198 Å². The van der Waals surface area contributed by atoms with E-state index in [0.29, 0.717) is 0 Å². The van der Waals surface area contributed by atoms with Crippen LogP contribution >= 0.6 is 0 Å². The second kappa shape index (κ2) is 21.7. The lowest BCUT2D eigenvalue weighted by Gasteiger charge is -2.25. The van der Waals surface area contributed by atoms with Crippen molar-refractivity contribution < 1.29 is 24.2 Å². The van der Waals surface area contributed by atoms with Gasteiger partial charge in [0.05, 0.1) is 6.42 Å². The van der Waals surface area contributed by atoms with Gasteiger partial charge in [-0.25, -0.2) is 0 Å². The van der Waals surface area contributed by atoms with Crippen molar-refractivity contribution in [3.8, 4) is 0 Å². The highest BCUT2D eigenvalue weighted by atomic mass is 16.8. The third kappa shape index (κ3) is 19.6. The average Bonchev–Trinajstić information content (AvgIpc) is 2.76. The number of ether oxygens (including phenoxy) is 2. The molecular weight excluding hydrogens is 404 g/mol. The molecule has 0 aromatic rings. The maximum atomic E-state index is 12.1. The van der Waals surface area contributed by atoms with Crippen molar-refractivity contribution >= 4 is 11.9 Å². The van der Waals surface area contributed by atoms with Crippen LogP contribution in [0, 0.1) is 0 Å². The second-order valence-electron chi connectivity index (χ2n) is 9.17. The van der Waals surface area contributed by atoms with Crippen LogP contribution in [0.3, 0.4) is 0 Å². The molecule has 0 amide bonds. The van der Waals surface area contributed by atoms with Crippen LogP contribution in [0.1, 0.15) is 156 Å². The molecule has 0 atom stereocenters. The zero-order valence-electron chi connectivity index (χ0n) is 21.4. The van der Waals surface area contributed by atoms with Crippen LogP contribution in [0.4, 0.5) is 0 Å². The molecule has 190 valence electrons. The Morgan fingerprint density at radius 2 is 0.812 bits per heavy atom. The fourth-order valence-electron chi connectivity index (χ4n) is 3.78. The van der Waals surface area contributed by atoms with E-state index < -0.39 is 17.9 Å². The summed E-state index contributed by atoms with van der Waals surface area (Å²) in [5, 5.41) is 10.4. The second-order valence-corrected chi connectivity index (χ2v) is 9.17. The average molecular weight is 457 g/mol. The molecule has 0 unspecified atom stereocenters. The van der Waals surface area contributed by atoms with Gasteiger partial charge in [-0.05, 0) is 12.8 Å². The highest BCUT2D eigenvalue weighted by Gasteiger charge is 2.34. The van der Waals surface area contributed by atoms with Crippen LogP contribution in [0.25, 0.3) is 0 Å². The molecule has 0 aromatic carbocycles. The Hall–Kier alpha value is -1.10. The number of hydrogen-bond donors (Lipinski definition) is 1. The lowest BCUT2D eigenvalue weighted by molar-refractivity contribution is -0.326. The van der Waals surface area contributed by atoms with Gasteiger partial charge in [0.1, 0.15) is 0 Å². The number of aliphatic hydroxyl groups is 1. The smallest absolute Gasteiger partial charge is 0.372 e. The first-order valence-electron chi connectivity index (χ1n) is 13.6. The fraction of sp³-hybridized carbons (Fsp3) is 0.926. The molecule has 0 saturated heterocycles. The highest BCUT2D eigenvalue weighted by Crippen LogP contribution is 2.19. The third-order valence-corrected chi connectivity index (χ3v) is 5.96. The SMILES string of the molecule is CCCCCCCCCCCC(=O)OC(O)(CC)OC(=O)CCCCCCCCCCC. The van der Waals surface area contributed by atoms with E-state index in [-0.39, 0.29) is 19.3 Å². The lowest BCUT2D eigenvalue weighted by Crippen LogP contribution is -2.39. The number of carbonyl (C=O) groups is 2. The molecule has 0 aliphatic carbocycles. The predicted octanol–water partition coefficient (Wildman–Crippen LogP) is 7.97. The number of unbranched alkanes of at least 4 members (excludes halogenated alkanes) is 16. The first kappa shape index (κ1) is 30.9. The van der Waals surface area contributed by atoms with E-state index in [2.05, 4.69) is 13.8 Å². The molecule has 0 bridgehead atoms. The number of hydrogen-bond acceptors (Lipinski definition) is 5. The molecule has 0 saturated carbocycles.